The lowest BCUT2D eigenvalue weighted by Crippen LogP contribution is -2.57. The Labute approximate surface area is 292 Å². The second-order valence-electron chi connectivity index (χ2n) is 13.2. The lowest BCUT2D eigenvalue weighted by Gasteiger charge is -2.32. The van der Waals surface area contributed by atoms with Crippen LogP contribution in [0.3, 0.4) is 0 Å². The van der Waals surface area contributed by atoms with Crippen molar-refractivity contribution in [3.8, 4) is 0 Å². The number of hydrogen-bond acceptors (Lipinski definition) is 5. The van der Waals surface area contributed by atoms with E-state index < -0.39 is 41.7 Å². The number of carboxylic acids is 1. The first-order chi connectivity index (χ1) is 24.1. The number of nitrogen functional groups attached to an aromatic ring is 1. The van der Waals surface area contributed by atoms with E-state index in [9.17, 15) is 24.3 Å². The van der Waals surface area contributed by atoms with Gasteiger partial charge in [0.15, 0.2) is 0 Å². The van der Waals surface area contributed by atoms with Gasteiger partial charge >= 0.3 is 5.97 Å². The summed E-state index contributed by atoms with van der Waals surface area (Å²) in [5, 5.41) is 25.5. The number of benzene rings is 4. The normalized spacial score (nSPS) is 15.0. The van der Waals surface area contributed by atoms with Crippen molar-refractivity contribution in [3.05, 3.63) is 119 Å². The zero-order valence-electron chi connectivity index (χ0n) is 28.3. The fourth-order valence-electron chi connectivity index (χ4n) is 6.82. The summed E-state index contributed by atoms with van der Waals surface area (Å²) in [5.74, 6) is -4.24. The zero-order chi connectivity index (χ0) is 35.6. The minimum atomic E-state index is -1.23. The highest BCUT2D eigenvalue weighted by molar-refractivity contribution is 6.02. The van der Waals surface area contributed by atoms with Crippen LogP contribution in [-0.4, -0.2) is 58.7 Å². The highest BCUT2D eigenvalue weighted by Crippen LogP contribution is 2.28. The predicted octanol–water partition coefficient (Wildman–Crippen LogP) is 4.82. The fourth-order valence-corrected chi connectivity index (χ4v) is 6.82. The van der Waals surface area contributed by atoms with E-state index in [1.54, 1.807) is 31.3 Å². The first-order valence-corrected chi connectivity index (χ1v) is 17.1. The van der Waals surface area contributed by atoms with Crippen molar-refractivity contribution >= 4 is 40.3 Å². The summed E-state index contributed by atoms with van der Waals surface area (Å²) in [7, 11) is 1.64. The van der Waals surface area contributed by atoms with Crippen LogP contribution in [0.15, 0.2) is 97.1 Å². The van der Waals surface area contributed by atoms with Crippen molar-refractivity contribution in [1.29, 1.82) is 5.41 Å². The van der Waals surface area contributed by atoms with Crippen molar-refractivity contribution in [2.45, 2.75) is 63.6 Å². The number of nitrogens with one attached hydrogen (secondary N) is 3. The molecule has 10 heteroatoms. The largest absolute Gasteiger partial charge is 0.480 e. The first kappa shape index (κ1) is 35.8. The molecule has 0 radical (unpaired) electrons. The standard InChI is InChI=1S/C40H45N5O5/c1-45(25-27-11-4-2-5-12-27)39(48)33(23-26-19-21-30(22-20-26)36(41)42)37(46)44-35(29-14-6-3-7-15-29)38(47)43-34(40(49)50)24-31-17-10-16-28-13-8-9-18-32(28)31/h2,4-5,8-13,16-22,29,33-35H,3,6-7,14-15,23-25H2,1H3,(H3,41,42)(H,43,47)(H,44,46)(H,49,50)/t33?,34?,35-/m0/s1. The highest BCUT2D eigenvalue weighted by Gasteiger charge is 2.37. The monoisotopic (exact) mass is 675 g/mol. The minimum Gasteiger partial charge on any atom is -0.480 e. The average Bonchev–Trinajstić information content (AvgIpc) is 3.13. The molecule has 0 aliphatic heterocycles. The summed E-state index contributed by atoms with van der Waals surface area (Å²) in [6.07, 6.45) is 4.28. The SMILES string of the molecule is CN(Cc1ccccc1)C(=O)C(Cc1ccc(C(=N)N)cc1)C(=O)N[C@H](C(=O)NC(Cc1cccc2ccccc12)C(=O)O)C1CCCCC1. The Bertz CT molecular complexity index is 1820. The third-order valence-electron chi connectivity index (χ3n) is 9.58. The zero-order valence-corrected chi connectivity index (χ0v) is 28.3. The van der Waals surface area contributed by atoms with Gasteiger partial charge in [0, 0.05) is 25.6 Å². The van der Waals surface area contributed by atoms with Crippen LogP contribution in [0.5, 0.6) is 0 Å². The van der Waals surface area contributed by atoms with Gasteiger partial charge in [-0.2, -0.15) is 0 Å². The van der Waals surface area contributed by atoms with Crippen LogP contribution in [0, 0.1) is 17.2 Å². The van der Waals surface area contributed by atoms with Crippen molar-refractivity contribution in [2.24, 2.45) is 17.6 Å². The molecule has 10 nitrogen and oxygen atoms in total. The van der Waals surface area contributed by atoms with Gasteiger partial charge in [-0.05, 0) is 52.6 Å². The Morgan fingerprint density at radius 2 is 1.46 bits per heavy atom. The summed E-state index contributed by atoms with van der Waals surface area (Å²) in [5.41, 5.74) is 8.54. The van der Waals surface area contributed by atoms with Crippen molar-refractivity contribution in [1.82, 2.24) is 15.5 Å². The van der Waals surface area contributed by atoms with E-state index in [-0.39, 0.29) is 31.1 Å². The molecule has 0 saturated heterocycles. The molecule has 1 fully saturated rings. The van der Waals surface area contributed by atoms with E-state index >= 15 is 0 Å². The number of nitrogens with zero attached hydrogens (tertiary/aromatic N) is 1. The Balaban J connectivity index is 1.40. The molecule has 1 aliphatic carbocycles. The van der Waals surface area contributed by atoms with E-state index in [0.29, 0.717) is 24.0 Å². The second kappa shape index (κ2) is 16.7. The van der Waals surface area contributed by atoms with Crippen LogP contribution in [0.1, 0.15) is 54.4 Å². The molecule has 0 spiro atoms. The van der Waals surface area contributed by atoms with Gasteiger partial charge in [-0.1, -0.05) is 116 Å². The number of rotatable bonds is 14. The Morgan fingerprint density at radius 1 is 0.800 bits per heavy atom. The molecular weight excluding hydrogens is 630 g/mol. The Morgan fingerprint density at radius 3 is 2.14 bits per heavy atom. The number of carboxylic acid groups (broad SMARTS) is 1. The number of amidine groups is 1. The molecular formula is C40H45N5O5. The van der Waals surface area contributed by atoms with Crippen LogP contribution in [0.4, 0.5) is 0 Å². The molecule has 0 aromatic heterocycles. The second-order valence-corrected chi connectivity index (χ2v) is 13.2. The van der Waals surface area contributed by atoms with E-state index in [0.717, 1.165) is 41.2 Å². The molecule has 4 aromatic carbocycles. The maximum Gasteiger partial charge on any atom is 0.326 e. The molecule has 0 heterocycles. The molecule has 260 valence electrons. The highest BCUT2D eigenvalue weighted by atomic mass is 16.4. The summed E-state index contributed by atoms with van der Waals surface area (Å²) < 4.78 is 0. The van der Waals surface area contributed by atoms with E-state index in [4.69, 9.17) is 11.1 Å². The van der Waals surface area contributed by atoms with Gasteiger partial charge in [0.2, 0.25) is 17.7 Å². The van der Waals surface area contributed by atoms with E-state index in [2.05, 4.69) is 10.6 Å². The lowest BCUT2D eigenvalue weighted by molar-refractivity contribution is -0.144. The third-order valence-corrected chi connectivity index (χ3v) is 9.58. The summed E-state index contributed by atoms with van der Waals surface area (Å²) in [4.78, 5) is 56.3. The number of hydrogen-bond donors (Lipinski definition) is 5. The molecule has 3 atom stereocenters. The molecule has 50 heavy (non-hydrogen) atoms. The maximum absolute atomic E-state index is 14.2. The van der Waals surface area contributed by atoms with Gasteiger partial charge in [-0.15, -0.1) is 0 Å². The van der Waals surface area contributed by atoms with Crippen LogP contribution >= 0.6 is 0 Å². The van der Waals surface area contributed by atoms with Crippen molar-refractivity contribution in [2.75, 3.05) is 7.05 Å². The van der Waals surface area contributed by atoms with Gasteiger partial charge < -0.3 is 26.4 Å². The smallest absolute Gasteiger partial charge is 0.326 e. The van der Waals surface area contributed by atoms with Crippen molar-refractivity contribution < 1.29 is 24.3 Å². The topological polar surface area (TPSA) is 166 Å². The number of carbonyl (C=O) groups is 4. The van der Waals surface area contributed by atoms with Crippen LogP contribution in [0.25, 0.3) is 10.8 Å². The molecule has 4 aromatic rings. The van der Waals surface area contributed by atoms with E-state index in [1.165, 1.54) is 4.90 Å². The molecule has 1 saturated carbocycles. The van der Waals surface area contributed by atoms with Gasteiger partial charge in [0.25, 0.3) is 0 Å². The number of aliphatic carboxylic acids is 1. The van der Waals surface area contributed by atoms with Crippen LogP contribution in [0.2, 0.25) is 0 Å². The lowest BCUT2D eigenvalue weighted by atomic mass is 9.83. The number of amides is 3. The summed E-state index contributed by atoms with van der Waals surface area (Å²) >= 11 is 0. The maximum atomic E-state index is 14.2. The molecule has 0 bridgehead atoms. The van der Waals surface area contributed by atoms with Gasteiger partial charge in [-0.25, -0.2) is 4.79 Å². The minimum absolute atomic E-state index is 0.0554. The number of fused-ring (bicyclic) bond motifs is 1. The third kappa shape index (κ3) is 9.13. The molecule has 6 N–H and O–H groups in total. The van der Waals surface area contributed by atoms with Crippen molar-refractivity contribution in [3.63, 3.8) is 0 Å². The van der Waals surface area contributed by atoms with Crippen LogP contribution < -0.4 is 16.4 Å². The predicted molar refractivity (Wildman–Crippen MR) is 193 cm³/mol. The summed E-state index contributed by atoms with van der Waals surface area (Å²) in [6, 6.07) is 27.4. The Hall–Kier alpha value is -5.51. The van der Waals surface area contributed by atoms with Gasteiger partial charge in [0.05, 0.1) is 0 Å². The summed E-state index contributed by atoms with van der Waals surface area (Å²) in [6.45, 7) is 0.285. The number of carbonyl (C=O) groups excluding carboxylic acids is 3. The quantitative estimate of drug-likeness (QED) is 0.0731. The van der Waals surface area contributed by atoms with Gasteiger partial charge in [0.1, 0.15) is 23.8 Å². The Kier molecular flexibility index (Phi) is 12.0. The van der Waals surface area contributed by atoms with E-state index in [1.807, 2.05) is 72.8 Å². The molecule has 1 aliphatic rings. The molecule has 2 unspecified atom stereocenters. The first-order valence-electron chi connectivity index (χ1n) is 17.1. The fraction of sp³-hybridized carbons (Fsp3) is 0.325. The molecule has 5 rings (SSSR count). The van der Waals surface area contributed by atoms with Crippen LogP contribution in [-0.2, 0) is 38.6 Å². The number of nitrogens with two attached hydrogens (primary N) is 1. The molecule has 3 amide bonds. The average molecular weight is 676 g/mol. The van der Waals surface area contributed by atoms with Gasteiger partial charge in [-0.3, -0.25) is 19.8 Å².